The van der Waals surface area contributed by atoms with E-state index >= 15 is 0 Å². The molecule has 2 rings (SSSR count). The Morgan fingerprint density at radius 1 is 1.48 bits per heavy atom. The highest BCUT2D eigenvalue weighted by atomic mass is 127. The smallest absolute Gasteiger partial charge is 0.289 e. The van der Waals surface area contributed by atoms with E-state index in [-0.39, 0.29) is 11.4 Å². The predicted octanol–water partition coefficient (Wildman–Crippen LogP) is 2.93. The summed E-state index contributed by atoms with van der Waals surface area (Å²) in [4.78, 5) is 25.7. The number of halogens is 1. The van der Waals surface area contributed by atoms with Gasteiger partial charge in [0.25, 0.3) is 11.6 Å². The number of methoxy groups -OCH3 is 1. The second-order valence-electron chi connectivity index (χ2n) is 4.99. The third kappa shape index (κ3) is 5.48. The van der Waals surface area contributed by atoms with Crippen LogP contribution in [0.25, 0.3) is 0 Å². The number of benzene rings is 1. The molecule has 0 spiro atoms. The molecule has 1 heterocycles. The Bertz CT molecular complexity index is 884. The number of carbonyl (C=O) groups is 1. The van der Waals surface area contributed by atoms with Crippen LogP contribution >= 0.6 is 22.6 Å². The van der Waals surface area contributed by atoms with E-state index in [9.17, 15) is 14.9 Å². The van der Waals surface area contributed by atoms with Crippen LogP contribution in [0.1, 0.15) is 16.1 Å². The zero-order chi connectivity index (χ0) is 19.8. The highest BCUT2D eigenvalue weighted by Gasteiger charge is 2.12. The fraction of sp³-hybridized carbons (Fsp3) is 0.118. The van der Waals surface area contributed by atoms with Gasteiger partial charge >= 0.3 is 0 Å². The van der Waals surface area contributed by atoms with Crippen LogP contribution in [0.2, 0.25) is 0 Å². The minimum atomic E-state index is -0.593. The number of amides is 1. The molecule has 2 aromatic rings. The highest BCUT2D eigenvalue weighted by Crippen LogP contribution is 2.33. The average molecular weight is 482 g/mol. The van der Waals surface area contributed by atoms with Gasteiger partial charge in [0.05, 0.1) is 21.8 Å². The van der Waals surface area contributed by atoms with E-state index in [1.165, 1.54) is 25.5 Å². The molecule has 0 aliphatic rings. The SMILES string of the molecule is C=CCOc1c(I)cc(/C=N/NC(=O)c2ccc([N+](=O)[O-])cn2)cc1OC. The maximum Gasteiger partial charge on any atom is 0.289 e. The Labute approximate surface area is 168 Å². The lowest BCUT2D eigenvalue weighted by atomic mass is 10.2. The highest BCUT2D eigenvalue weighted by molar-refractivity contribution is 14.1. The van der Waals surface area contributed by atoms with Crippen molar-refractivity contribution in [3.63, 3.8) is 0 Å². The number of carbonyl (C=O) groups excluding carboxylic acids is 1. The summed E-state index contributed by atoms with van der Waals surface area (Å²) >= 11 is 2.10. The molecule has 0 saturated carbocycles. The van der Waals surface area contributed by atoms with Crippen molar-refractivity contribution >= 4 is 40.4 Å². The summed E-state index contributed by atoms with van der Waals surface area (Å²) in [5, 5.41) is 14.5. The van der Waals surface area contributed by atoms with Gasteiger partial charge in [-0.1, -0.05) is 12.7 Å². The van der Waals surface area contributed by atoms with Crippen molar-refractivity contribution in [3.8, 4) is 11.5 Å². The first kappa shape index (κ1) is 20.3. The molecule has 0 aliphatic carbocycles. The van der Waals surface area contributed by atoms with E-state index in [0.717, 1.165) is 9.77 Å². The Morgan fingerprint density at radius 3 is 2.85 bits per heavy atom. The summed E-state index contributed by atoms with van der Waals surface area (Å²) in [5.74, 6) is 0.525. The number of pyridine rings is 1. The molecule has 0 unspecified atom stereocenters. The van der Waals surface area contributed by atoms with Gasteiger partial charge in [-0.15, -0.1) is 0 Å². The molecule has 0 aliphatic heterocycles. The van der Waals surface area contributed by atoms with Crippen molar-refractivity contribution in [2.45, 2.75) is 0 Å². The molecule has 10 heteroatoms. The molecule has 0 fully saturated rings. The van der Waals surface area contributed by atoms with E-state index in [1.54, 1.807) is 18.2 Å². The van der Waals surface area contributed by atoms with Crippen molar-refractivity contribution in [3.05, 3.63) is 68.1 Å². The van der Waals surface area contributed by atoms with E-state index in [1.807, 2.05) is 0 Å². The number of hydrogen-bond donors (Lipinski definition) is 1. The van der Waals surface area contributed by atoms with Gasteiger partial charge in [0, 0.05) is 6.07 Å². The largest absolute Gasteiger partial charge is 0.493 e. The van der Waals surface area contributed by atoms with Crippen molar-refractivity contribution in [2.75, 3.05) is 13.7 Å². The monoisotopic (exact) mass is 482 g/mol. The molecule has 9 nitrogen and oxygen atoms in total. The minimum absolute atomic E-state index is 0.0121. The van der Waals surface area contributed by atoms with Gasteiger partial charge in [-0.3, -0.25) is 14.9 Å². The van der Waals surface area contributed by atoms with Crippen LogP contribution in [-0.2, 0) is 0 Å². The first-order chi connectivity index (χ1) is 13.0. The quantitative estimate of drug-likeness (QED) is 0.203. The van der Waals surface area contributed by atoms with E-state index in [0.29, 0.717) is 23.7 Å². The van der Waals surface area contributed by atoms with Crippen LogP contribution in [0.5, 0.6) is 11.5 Å². The lowest BCUT2D eigenvalue weighted by molar-refractivity contribution is -0.385. The van der Waals surface area contributed by atoms with Crippen LogP contribution in [0.15, 0.2) is 48.2 Å². The summed E-state index contributed by atoms with van der Waals surface area (Å²) in [6.45, 7) is 3.95. The fourth-order valence-electron chi connectivity index (χ4n) is 1.95. The number of aromatic nitrogens is 1. The molecule has 140 valence electrons. The Hall–Kier alpha value is -3.02. The Morgan fingerprint density at radius 2 is 2.26 bits per heavy atom. The van der Waals surface area contributed by atoms with Gasteiger partial charge < -0.3 is 9.47 Å². The Kier molecular flexibility index (Phi) is 7.23. The fourth-order valence-corrected chi connectivity index (χ4v) is 2.73. The maximum absolute atomic E-state index is 12.0. The van der Waals surface area contributed by atoms with Crippen LogP contribution < -0.4 is 14.9 Å². The van der Waals surface area contributed by atoms with Crippen LogP contribution in [0, 0.1) is 13.7 Å². The molecular weight excluding hydrogens is 467 g/mol. The number of nitrogens with one attached hydrogen (secondary N) is 1. The van der Waals surface area contributed by atoms with Gasteiger partial charge in [0.2, 0.25) is 0 Å². The number of hydrazone groups is 1. The summed E-state index contributed by atoms with van der Waals surface area (Å²) < 4.78 is 11.7. The maximum atomic E-state index is 12.0. The van der Waals surface area contributed by atoms with Crippen molar-refractivity contribution in [1.82, 2.24) is 10.4 Å². The third-order valence-electron chi connectivity index (χ3n) is 3.17. The second kappa shape index (κ2) is 9.62. The van der Waals surface area contributed by atoms with E-state index < -0.39 is 10.8 Å². The molecular formula is C17H15IN4O5. The van der Waals surface area contributed by atoms with Gasteiger partial charge in [0.1, 0.15) is 18.5 Å². The van der Waals surface area contributed by atoms with Crippen LogP contribution in [0.3, 0.4) is 0 Å². The first-order valence-corrected chi connectivity index (χ1v) is 8.59. The zero-order valence-corrected chi connectivity index (χ0v) is 16.4. The number of nitro groups is 1. The molecule has 0 atom stereocenters. The van der Waals surface area contributed by atoms with Crippen LogP contribution in [-0.4, -0.2) is 35.7 Å². The van der Waals surface area contributed by atoms with Crippen molar-refractivity contribution in [2.24, 2.45) is 5.10 Å². The molecule has 0 radical (unpaired) electrons. The molecule has 1 aromatic carbocycles. The zero-order valence-electron chi connectivity index (χ0n) is 14.2. The molecule has 1 amide bonds. The normalized spacial score (nSPS) is 10.4. The number of hydrogen-bond acceptors (Lipinski definition) is 7. The summed E-state index contributed by atoms with van der Waals surface area (Å²) in [6, 6.07) is 5.96. The lowest BCUT2D eigenvalue weighted by Gasteiger charge is -2.12. The molecule has 1 N–H and O–H groups in total. The topological polar surface area (TPSA) is 116 Å². The second-order valence-corrected chi connectivity index (χ2v) is 6.15. The van der Waals surface area contributed by atoms with E-state index in [4.69, 9.17) is 9.47 Å². The Balaban J connectivity index is 2.08. The third-order valence-corrected chi connectivity index (χ3v) is 3.97. The molecule has 1 aromatic heterocycles. The molecule has 0 saturated heterocycles. The number of nitrogens with zero attached hydrogens (tertiary/aromatic N) is 3. The number of ether oxygens (including phenoxy) is 2. The van der Waals surface area contributed by atoms with E-state index in [2.05, 4.69) is 44.7 Å². The number of rotatable bonds is 8. The minimum Gasteiger partial charge on any atom is -0.493 e. The standard InChI is InChI=1S/C17H15IN4O5/c1-3-6-27-16-13(18)7-11(8-15(16)26-2)9-20-21-17(23)14-5-4-12(10-19-14)22(24)25/h3-5,7-10H,1,6H2,2H3,(H,21,23)/b20-9+. The predicted molar refractivity (Wildman–Crippen MR) is 107 cm³/mol. The van der Waals surface area contributed by atoms with Crippen molar-refractivity contribution in [1.29, 1.82) is 0 Å². The first-order valence-electron chi connectivity index (χ1n) is 7.51. The van der Waals surface area contributed by atoms with Gasteiger partial charge in [-0.2, -0.15) is 5.10 Å². The summed E-state index contributed by atoms with van der Waals surface area (Å²) in [7, 11) is 1.52. The van der Waals surface area contributed by atoms with Gasteiger partial charge in [0.15, 0.2) is 11.5 Å². The average Bonchev–Trinajstić information content (AvgIpc) is 2.66. The molecule has 0 bridgehead atoms. The van der Waals surface area contributed by atoms with Gasteiger partial charge in [-0.05, 0) is 46.4 Å². The van der Waals surface area contributed by atoms with Crippen molar-refractivity contribution < 1.29 is 19.2 Å². The summed E-state index contributed by atoms with van der Waals surface area (Å²) in [6.07, 6.45) is 4.08. The van der Waals surface area contributed by atoms with Gasteiger partial charge in [-0.25, -0.2) is 10.4 Å². The summed E-state index contributed by atoms with van der Waals surface area (Å²) in [5.41, 5.74) is 2.81. The lowest BCUT2D eigenvalue weighted by Crippen LogP contribution is -2.18. The molecule has 27 heavy (non-hydrogen) atoms. The van der Waals surface area contributed by atoms with Crippen LogP contribution in [0.4, 0.5) is 5.69 Å².